The summed E-state index contributed by atoms with van der Waals surface area (Å²) >= 11 is 0. The molecule has 1 rings (SSSR count). The first-order valence-corrected chi connectivity index (χ1v) is 6.69. The van der Waals surface area contributed by atoms with Crippen molar-refractivity contribution in [2.75, 3.05) is 19.8 Å². The third-order valence-corrected chi connectivity index (χ3v) is 2.96. The maximum absolute atomic E-state index is 9.14. The Labute approximate surface area is 110 Å². The fraction of sp³-hybridized carbons (Fsp3) is 0.600. The van der Waals surface area contributed by atoms with E-state index in [1.54, 1.807) is 0 Å². The van der Waals surface area contributed by atoms with Crippen molar-refractivity contribution in [3.8, 4) is 5.75 Å². The molecule has 1 unspecified atom stereocenters. The number of ether oxygens (including phenoxy) is 1. The van der Waals surface area contributed by atoms with E-state index >= 15 is 0 Å². The summed E-state index contributed by atoms with van der Waals surface area (Å²) in [5, 5.41) is 9.14. The van der Waals surface area contributed by atoms with Gasteiger partial charge in [0.25, 0.3) is 0 Å². The molecule has 0 aliphatic heterocycles. The molecule has 1 aromatic carbocycles. The number of hydrogen-bond acceptors (Lipinski definition) is 3. The van der Waals surface area contributed by atoms with E-state index in [-0.39, 0.29) is 12.5 Å². The Kier molecular flexibility index (Phi) is 6.76. The zero-order valence-corrected chi connectivity index (χ0v) is 11.4. The first-order chi connectivity index (χ1) is 8.67. The van der Waals surface area contributed by atoms with E-state index in [9.17, 15) is 0 Å². The summed E-state index contributed by atoms with van der Waals surface area (Å²) in [6.07, 6.45) is 1.80. The molecule has 3 nitrogen and oxygen atoms in total. The van der Waals surface area contributed by atoms with Gasteiger partial charge in [-0.1, -0.05) is 32.0 Å². The standard InChI is InChI=1S/C15H25NO2/c1-12(2)11-18-15-6-4-3-5-14(15)8-7-13(9-16)10-17/h3-6,12-13,17H,7-11,16H2,1-2H3. The fourth-order valence-corrected chi connectivity index (χ4v) is 1.75. The van der Waals surface area contributed by atoms with Crippen LogP contribution in [0.5, 0.6) is 5.75 Å². The van der Waals surface area contributed by atoms with Gasteiger partial charge in [0.15, 0.2) is 0 Å². The lowest BCUT2D eigenvalue weighted by atomic mass is 10.00. The molecule has 0 heterocycles. The average Bonchev–Trinajstić information content (AvgIpc) is 2.38. The molecule has 3 heteroatoms. The van der Waals surface area contributed by atoms with Crippen LogP contribution in [0.3, 0.4) is 0 Å². The van der Waals surface area contributed by atoms with Gasteiger partial charge >= 0.3 is 0 Å². The summed E-state index contributed by atoms with van der Waals surface area (Å²) in [6.45, 7) is 5.70. The molecule has 3 N–H and O–H groups in total. The number of nitrogens with two attached hydrogens (primary N) is 1. The van der Waals surface area contributed by atoms with E-state index in [1.165, 1.54) is 5.56 Å². The summed E-state index contributed by atoms with van der Waals surface area (Å²) < 4.78 is 5.80. The molecule has 0 bridgehead atoms. The number of aliphatic hydroxyl groups excluding tert-OH is 1. The Morgan fingerprint density at radius 3 is 2.61 bits per heavy atom. The molecule has 0 aliphatic carbocycles. The van der Waals surface area contributed by atoms with Gasteiger partial charge < -0.3 is 15.6 Å². The van der Waals surface area contributed by atoms with Crippen LogP contribution in [0.1, 0.15) is 25.8 Å². The predicted octanol–water partition coefficient (Wildman–Crippen LogP) is 2.22. The molecule has 0 radical (unpaired) electrons. The maximum Gasteiger partial charge on any atom is 0.122 e. The van der Waals surface area contributed by atoms with Crippen LogP contribution in [0.2, 0.25) is 0 Å². The second-order valence-corrected chi connectivity index (χ2v) is 5.14. The quantitative estimate of drug-likeness (QED) is 0.745. The SMILES string of the molecule is CC(C)COc1ccccc1CCC(CN)CO. The Morgan fingerprint density at radius 1 is 1.28 bits per heavy atom. The minimum atomic E-state index is 0.158. The van der Waals surface area contributed by atoms with Gasteiger partial charge in [-0.15, -0.1) is 0 Å². The molecule has 0 spiro atoms. The zero-order valence-electron chi connectivity index (χ0n) is 11.4. The second-order valence-electron chi connectivity index (χ2n) is 5.14. The van der Waals surface area contributed by atoms with Crippen molar-refractivity contribution < 1.29 is 9.84 Å². The molecule has 0 saturated carbocycles. The molecule has 102 valence electrons. The molecule has 1 aromatic rings. The first kappa shape index (κ1) is 15.0. The van der Waals surface area contributed by atoms with Crippen LogP contribution in [0.4, 0.5) is 0 Å². The third kappa shape index (κ3) is 5.07. The minimum Gasteiger partial charge on any atom is -0.493 e. The van der Waals surface area contributed by atoms with Crippen molar-refractivity contribution in [2.24, 2.45) is 17.6 Å². The van der Waals surface area contributed by atoms with E-state index in [1.807, 2.05) is 18.2 Å². The van der Waals surface area contributed by atoms with E-state index in [4.69, 9.17) is 15.6 Å². The predicted molar refractivity (Wildman–Crippen MR) is 74.7 cm³/mol. The van der Waals surface area contributed by atoms with Gasteiger partial charge in [-0.2, -0.15) is 0 Å². The van der Waals surface area contributed by atoms with Crippen LogP contribution in [0.25, 0.3) is 0 Å². The highest BCUT2D eigenvalue weighted by atomic mass is 16.5. The number of aryl methyl sites for hydroxylation is 1. The van der Waals surface area contributed by atoms with Gasteiger partial charge in [0, 0.05) is 6.61 Å². The highest BCUT2D eigenvalue weighted by Gasteiger charge is 2.08. The van der Waals surface area contributed by atoms with Crippen LogP contribution in [-0.4, -0.2) is 24.9 Å². The number of rotatable bonds is 8. The van der Waals surface area contributed by atoms with E-state index in [0.29, 0.717) is 12.5 Å². The highest BCUT2D eigenvalue weighted by Crippen LogP contribution is 2.21. The average molecular weight is 251 g/mol. The largest absolute Gasteiger partial charge is 0.493 e. The smallest absolute Gasteiger partial charge is 0.122 e. The van der Waals surface area contributed by atoms with Crippen molar-refractivity contribution in [1.29, 1.82) is 0 Å². The normalized spacial score (nSPS) is 12.7. The molecule has 18 heavy (non-hydrogen) atoms. The van der Waals surface area contributed by atoms with Crippen molar-refractivity contribution in [3.63, 3.8) is 0 Å². The van der Waals surface area contributed by atoms with Crippen molar-refractivity contribution in [3.05, 3.63) is 29.8 Å². The third-order valence-electron chi connectivity index (χ3n) is 2.96. The topological polar surface area (TPSA) is 55.5 Å². The summed E-state index contributed by atoms with van der Waals surface area (Å²) in [7, 11) is 0. The van der Waals surface area contributed by atoms with Crippen molar-refractivity contribution in [1.82, 2.24) is 0 Å². The summed E-state index contributed by atoms with van der Waals surface area (Å²) in [5.41, 5.74) is 6.79. The van der Waals surface area contributed by atoms with Gasteiger partial charge in [-0.05, 0) is 42.9 Å². The number of hydrogen-bond donors (Lipinski definition) is 2. The Hall–Kier alpha value is -1.06. The Bertz CT molecular complexity index is 335. The molecule has 1 atom stereocenters. The lowest BCUT2D eigenvalue weighted by Crippen LogP contribution is -2.18. The second kappa shape index (κ2) is 8.11. The van der Waals surface area contributed by atoms with Gasteiger partial charge in [-0.3, -0.25) is 0 Å². The molecular weight excluding hydrogens is 226 g/mol. The Balaban J connectivity index is 2.58. The van der Waals surface area contributed by atoms with Crippen LogP contribution < -0.4 is 10.5 Å². The lowest BCUT2D eigenvalue weighted by molar-refractivity contribution is 0.222. The molecule has 0 saturated heterocycles. The lowest BCUT2D eigenvalue weighted by Gasteiger charge is -2.15. The Morgan fingerprint density at radius 2 is 2.00 bits per heavy atom. The summed E-state index contributed by atoms with van der Waals surface area (Å²) in [6, 6.07) is 8.11. The number of para-hydroxylation sites is 1. The number of aliphatic hydroxyl groups is 1. The maximum atomic E-state index is 9.14. The molecule has 0 aliphatic rings. The molecular formula is C15H25NO2. The fourth-order valence-electron chi connectivity index (χ4n) is 1.75. The van der Waals surface area contributed by atoms with Gasteiger partial charge in [0.2, 0.25) is 0 Å². The van der Waals surface area contributed by atoms with Gasteiger partial charge in [-0.25, -0.2) is 0 Å². The minimum absolute atomic E-state index is 0.158. The molecule has 0 aromatic heterocycles. The van der Waals surface area contributed by atoms with Crippen molar-refractivity contribution >= 4 is 0 Å². The van der Waals surface area contributed by atoms with E-state index in [0.717, 1.165) is 25.2 Å². The molecule has 0 amide bonds. The number of benzene rings is 1. The first-order valence-electron chi connectivity index (χ1n) is 6.69. The van der Waals surface area contributed by atoms with Gasteiger partial charge in [0.05, 0.1) is 6.61 Å². The van der Waals surface area contributed by atoms with Crippen LogP contribution in [0.15, 0.2) is 24.3 Å². The zero-order chi connectivity index (χ0) is 13.4. The van der Waals surface area contributed by atoms with E-state index < -0.39 is 0 Å². The van der Waals surface area contributed by atoms with Crippen molar-refractivity contribution in [2.45, 2.75) is 26.7 Å². The van der Waals surface area contributed by atoms with Gasteiger partial charge in [0.1, 0.15) is 5.75 Å². The van der Waals surface area contributed by atoms with Crippen LogP contribution in [-0.2, 0) is 6.42 Å². The van der Waals surface area contributed by atoms with Crippen LogP contribution >= 0.6 is 0 Å². The van der Waals surface area contributed by atoms with Crippen LogP contribution in [0, 0.1) is 11.8 Å². The summed E-state index contributed by atoms with van der Waals surface area (Å²) in [5.74, 6) is 1.66. The molecule has 0 fully saturated rings. The monoisotopic (exact) mass is 251 g/mol. The highest BCUT2D eigenvalue weighted by molar-refractivity contribution is 5.33. The van der Waals surface area contributed by atoms with E-state index in [2.05, 4.69) is 19.9 Å². The summed E-state index contributed by atoms with van der Waals surface area (Å²) in [4.78, 5) is 0.